The van der Waals surface area contributed by atoms with Gasteiger partial charge in [0.25, 0.3) is 5.56 Å². The minimum absolute atomic E-state index is 0.0216. The molecule has 0 bridgehead atoms. The Morgan fingerprint density at radius 2 is 1.93 bits per heavy atom. The van der Waals surface area contributed by atoms with Crippen LogP contribution in [0.3, 0.4) is 0 Å². The lowest BCUT2D eigenvalue weighted by Gasteiger charge is -2.12. The van der Waals surface area contributed by atoms with Crippen LogP contribution in [0.25, 0.3) is 22.9 Å². The smallest absolute Gasteiger partial charge is 0.266 e. The van der Waals surface area contributed by atoms with Gasteiger partial charge >= 0.3 is 0 Å². The summed E-state index contributed by atoms with van der Waals surface area (Å²) in [6.45, 7) is 8.04. The van der Waals surface area contributed by atoms with Crippen molar-refractivity contribution >= 4 is 40.0 Å². The average molecular weight is 381 g/mol. The van der Waals surface area contributed by atoms with Crippen LogP contribution in [0.5, 0.6) is 5.75 Å². The van der Waals surface area contributed by atoms with Gasteiger partial charge in [-0.25, -0.2) is 0 Å². The van der Waals surface area contributed by atoms with Crippen molar-refractivity contribution in [3.63, 3.8) is 0 Å². The third-order valence-electron chi connectivity index (χ3n) is 4.19. The molecule has 140 valence electrons. The average Bonchev–Trinajstić information content (AvgIpc) is 2.95. The van der Waals surface area contributed by atoms with Gasteiger partial charge in [0.05, 0.1) is 15.8 Å². The van der Waals surface area contributed by atoms with Crippen molar-refractivity contribution in [3.05, 3.63) is 61.5 Å². The number of fused-ring (bicyclic) bond motifs is 1. The van der Waals surface area contributed by atoms with Crippen molar-refractivity contribution < 1.29 is 9.53 Å². The minimum Gasteiger partial charge on any atom is -0.493 e. The first-order valence-corrected chi connectivity index (χ1v) is 9.73. The Bertz CT molecular complexity index is 1160. The number of thiazole rings is 1. The predicted octanol–water partition coefficient (Wildman–Crippen LogP) is 3.21. The van der Waals surface area contributed by atoms with E-state index in [-0.39, 0.29) is 11.3 Å². The van der Waals surface area contributed by atoms with Gasteiger partial charge < -0.3 is 9.72 Å². The van der Waals surface area contributed by atoms with Crippen LogP contribution in [0.1, 0.15) is 33.3 Å². The molecule has 0 saturated heterocycles. The number of aromatic amines is 1. The minimum atomic E-state index is -0.484. The number of nitrogens with one attached hydrogen (secondary N) is 1. The summed E-state index contributed by atoms with van der Waals surface area (Å²) in [5.41, 5.74) is 0.182. The van der Waals surface area contributed by atoms with Gasteiger partial charge in [-0.05, 0) is 29.8 Å². The maximum Gasteiger partial charge on any atom is 0.266 e. The van der Waals surface area contributed by atoms with Crippen molar-refractivity contribution in [2.24, 2.45) is 5.41 Å². The Morgan fingerprint density at radius 1 is 1.19 bits per heavy atom. The number of hydrogen-bond acceptors (Lipinski definition) is 4. The third kappa shape index (κ3) is 4.19. The van der Waals surface area contributed by atoms with Crippen LogP contribution in [-0.4, -0.2) is 17.4 Å². The van der Waals surface area contributed by atoms with Gasteiger partial charge in [-0.1, -0.05) is 51.1 Å². The molecule has 0 saturated carbocycles. The monoisotopic (exact) mass is 381 g/mol. The Balaban J connectivity index is 2.21. The molecule has 1 aromatic heterocycles. The van der Waals surface area contributed by atoms with E-state index in [1.807, 2.05) is 70.2 Å². The van der Waals surface area contributed by atoms with Gasteiger partial charge in [0, 0.05) is 17.1 Å². The first kappa shape index (κ1) is 19.1. The third-order valence-corrected chi connectivity index (χ3v) is 5.15. The lowest BCUT2D eigenvalue weighted by molar-refractivity contribution is -0.119. The second-order valence-electron chi connectivity index (χ2n) is 7.32. The summed E-state index contributed by atoms with van der Waals surface area (Å²) in [7, 11) is 0. The fourth-order valence-corrected chi connectivity index (χ4v) is 3.56. The maximum absolute atomic E-state index is 12.4. The van der Waals surface area contributed by atoms with E-state index in [1.165, 1.54) is 17.4 Å². The van der Waals surface area contributed by atoms with Crippen molar-refractivity contribution in [2.75, 3.05) is 6.61 Å². The van der Waals surface area contributed by atoms with E-state index in [4.69, 9.17) is 4.74 Å². The molecule has 2 aromatic carbocycles. The Labute approximate surface area is 161 Å². The van der Waals surface area contributed by atoms with Crippen LogP contribution in [0.4, 0.5) is 0 Å². The highest BCUT2D eigenvalue weighted by Crippen LogP contribution is 2.28. The van der Waals surface area contributed by atoms with E-state index in [9.17, 15) is 9.59 Å². The number of carbonyl (C=O) groups excluding carboxylic acids is 1. The zero-order valence-corrected chi connectivity index (χ0v) is 16.8. The second-order valence-corrected chi connectivity index (χ2v) is 8.40. The summed E-state index contributed by atoms with van der Waals surface area (Å²) in [5.74, 6) is 0.715. The standard InChI is InChI=1S/C22H23NO3S/c1-5-26-17-11-10-14-8-6-7-9-15(14)16(17)12-18-21(25)23-20(27-18)13-19(24)22(2,3)4/h6-13H,5H2,1-4H3,(H,23,25). The molecule has 4 nitrogen and oxygen atoms in total. The SMILES string of the molecule is CCOc1ccc2ccccc2c1C=c1sc(=CC(=O)C(C)(C)C)[nH]c1=O. The molecular weight excluding hydrogens is 358 g/mol. The molecule has 0 radical (unpaired) electrons. The van der Waals surface area contributed by atoms with E-state index in [0.29, 0.717) is 15.8 Å². The van der Waals surface area contributed by atoms with Crippen molar-refractivity contribution in [1.29, 1.82) is 0 Å². The molecule has 0 atom stereocenters. The number of rotatable bonds is 4. The molecule has 0 amide bonds. The highest BCUT2D eigenvalue weighted by molar-refractivity contribution is 7.07. The van der Waals surface area contributed by atoms with Crippen LogP contribution in [0, 0.1) is 5.41 Å². The zero-order chi connectivity index (χ0) is 19.6. The predicted molar refractivity (Wildman–Crippen MR) is 112 cm³/mol. The molecule has 1 heterocycles. The number of hydrogen-bond donors (Lipinski definition) is 1. The fraction of sp³-hybridized carbons (Fsp3) is 0.273. The summed E-state index contributed by atoms with van der Waals surface area (Å²) < 4.78 is 6.87. The summed E-state index contributed by atoms with van der Waals surface area (Å²) >= 11 is 1.28. The number of ether oxygens (including phenoxy) is 1. The molecule has 0 fully saturated rings. The van der Waals surface area contributed by atoms with Crippen LogP contribution in [-0.2, 0) is 4.79 Å². The number of H-pyrrole nitrogens is 1. The van der Waals surface area contributed by atoms with E-state index in [2.05, 4.69) is 4.98 Å². The van der Waals surface area contributed by atoms with Crippen molar-refractivity contribution in [3.8, 4) is 5.75 Å². The Kier molecular flexibility index (Phi) is 5.33. The maximum atomic E-state index is 12.4. The fourth-order valence-electron chi connectivity index (χ4n) is 2.70. The molecule has 3 aromatic rings. The number of ketones is 1. The van der Waals surface area contributed by atoms with Crippen LogP contribution >= 0.6 is 11.3 Å². The lowest BCUT2D eigenvalue weighted by Crippen LogP contribution is -2.22. The van der Waals surface area contributed by atoms with Gasteiger partial charge in [0.15, 0.2) is 5.78 Å². The number of benzene rings is 2. The van der Waals surface area contributed by atoms with Gasteiger partial charge in [0.1, 0.15) is 5.75 Å². The molecule has 0 aliphatic rings. The molecule has 3 rings (SSSR count). The van der Waals surface area contributed by atoms with Crippen LogP contribution < -0.4 is 19.5 Å². The molecule has 27 heavy (non-hydrogen) atoms. The van der Waals surface area contributed by atoms with Crippen molar-refractivity contribution in [1.82, 2.24) is 4.98 Å². The zero-order valence-electron chi connectivity index (χ0n) is 16.0. The van der Waals surface area contributed by atoms with Gasteiger partial charge in [-0.15, -0.1) is 11.3 Å². The van der Waals surface area contributed by atoms with E-state index < -0.39 is 5.41 Å². The van der Waals surface area contributed by atoms with Crippen LogP contribution in [0.2, 0.25) is 0 Å². The summed E-state index contributed by atoms with van der Waals surface area (Å²) in [6.07, 6.45) is 3.35. The molecule has 1 N–H and O–H groups in total. The van der Waals surface area contributed by atoms with Crippen LogP contribution in [0.15, 0.2) is 41.2 Å². The first-order valence-electron chi connectivity index (χ1n) is 8.91. The molecule has 0 unspecified atom stereocenters. The lowest BCUT2D eigenvalue weighted by atomic mass is 9.91. The second kappa shape index (κ2) is 7.53. The highest BCUT2D eigenvalue weighted by Gasteiger charge is 2.18. The normalized spacial score (nSPS) is 13.3. The van der Waals surface area contributed by atoms with Gasteiger partial charge in [-0.2, -0.15) is 0 Å². The van der Waals surface area contributed by atoms with Crippen molar-refractivity contribution in [2.45, 2.75) is 27.7 Å². The summed E-state index contributed by atoms with van der Waals surface area (Å²) in [5, 5.41) is 2.10. The molecule has 0 spiro atoms. The summed E-state index contributed by atoms with van der Waals surface area (Å²) in [4.78, 5) is 27.4. The summed E-state index contributed by atoms with van der Waals surface area (Å²) in [6, 6.07) is 11.9. The quantitative estimate of drug-likeness (QED) is 0.755. The highest BCUT2D eigenvalue weighted by atomic mass is 32.1. The Morgan fingerprint density at radius 3 is 2.63 bits per heavy atom. The molecule has 5 heteroatoms. The van der Waals surface area contributed by atoms with E-state index >= 15 is 0 Å². The number of carbonyl (C=O) groups is 1. The molecule has 0 aliphatic heterocycles. The first-order chi connectivity index (χ1) is 12.8. The molecule has 0 aliphatic carbocycles. The largest absolute Gasteiger partial charge is 0.493 e. The van der Waals surface area contributed by atoms with Gasteiger partial charge in [-0.3, -0.25) is 9.59 Å². The topological polar surface area (TPSA) is 59.2 Å². The van der Waals surface area contributed by atoms with Gasteiger partial charge in [0.2, 0.25) is 0 Å². The Hall–Kier alpha value is -2.66. The van der Waals surface area contributed by atoms with E-state index in [1.54, 1.807) is 0 Å². The number of aromatic nitrogens is 1. The molecular formula is C22H23NO3S. The number of Topliss-reactive ketones (excluding diaryl/α,β-unsaturated/α-hetero) is 1. The van der Waals surface area contributed by atoms with E-state index in [0.717, 1.165) is 22.1 Å².